The normalized spacial score (nSPS) is 18.8. The molecular weight excluding hydrogens is 168 g/mol. The van der Waals surface area contributed by atoms with Crippen LogP contribution in [0, 0.1) is 0 Å². The molecule has 3 nitrogen and oxygen atoms in total. The number of hydrogen-bond donors (Lipinski definition) is 1. The number of fused-ring (bicyclic) bond motifs is 1. The van der Waals surface area contributed by atoms with E-state index < -0.39 is 0 Å². The van der Waals surface area contributed by atoms with Crippen LogP contribution < -0.4 is 9.47 Å². The van der Waals surface area contributed by atoms with E-state index in [0.717, 1.165) is 17.5 Å². The Morgan fingerprint density at radius 3 is 2.62 bits per heavy atom. The number of hydrogen-bond acceptors (Lipinski definition) is 3. The first-order valence-corrected chi connectivity index (χ1v) is 4.19. The molecule has 0 radical (unpaired) electrons. The molecule has 0 bridgehead atoms. The lowest BCUT2D eigenvalue weighted by Crippen LogP contribution is -2.18. The van der Waals surface area contributed by atoms with E-state index in [1.54, 1.807) is 14.2 Å². The SMILES string of the molecule is COc1ccc2c(c1OC)C(O)C2. The third-order valence-electron chi connectivity index (χ3n) is 2.42. The summed E-state index contributed by atoms with van der Waals surface area (Å²) in [5.74, 6) is 1.35. The van der Waals surface area contributed by atoms with E-state index in [4.69, 9.17) is 9.47 Å². The molecule has 1 unspecified atom stereocenters. The van der Waals surface area contributed by atoms with E-state index in [2.05, 4.69) is 0 Å². The summed E-state index contributed by atoms with van der Waals surface area (Å²) < 4.78 is 10.3. The van der Waals surface area contributed by atoms with Crippen LogP contribution in [0.1, 0.15) is 17.2 Å². The topological polar surface area (TPSA) is 38.7 Å². The van der Waals surface area contributed by atoms with Crippen molar-refractivity contribution < 1.29 is 14.6 Å². The van der Waals surface area contributed by atoms with Gasteiger partial charge in [-0.3, -0.25) is 0 Å². The third kappa shape index (κ3) is 1.08. The average molecular weight is 180 g/mol. The van der Waals surface area contributed by atoms with Crippen LogP contribution in [-0.4, -0.2) is 19.3 Å². The molecule has 1 aromatic rings. The van der Waals surface area contributed by atoms with Crippen molar-refractivity contribution in [2.45, 2.75) is 12.5 Å². The largest absolute Gasteiger partial charge is 0.493 e. The molecule has 0 saturated carbocycles. The lowest BCUT2D eigenvalue weighted by molar-refractivity contribution is 0.147. The molecular formula is C10H12O3. The van der Waals surface area contributed by atoms with E-state index >= 15 is 0 Å². The number of methoxy groups -OCH3 is 2. The quantitative estimate of drug-likeness (QED) is 0.745. The molecule has 1 aliphatic carbocycles. The zero-order chi connectivity index (χ0) is 9.42. The van der Waals surface area contributed by atoms with Crippen LogP contribution in [0.15, 0.2) is 12.1 Å². The Labute approximate surface area is 76.9 Å². The highest BCUT2D eigenvalue weighted by Crippen LogP contribution is 2.44. The molecule has 0 saturated heterocycles. The number of aliphatic hydroxyl groups excluding tert-OH is 1. The lowest BCUT2D eigenvalue weighted by atomic mass is 9.84. The van der Waals surface area contributed by atoms with Gasteiger partial charge in [0.05, 0.1) is 20.3 Å². The van der Waals surface area contributed by atoms with Crippen molar-refractivity contribution in [1.82, 2.24) is 0 Å². The molecule has 1 aliphatic rings. The number of rotatable bonds is 2. The standard InChI is InChI=1S/C10H12O3/c1-12-8-4-3-6-5-7(11)9(6)10(8)13-2/h3-4,7,11H,5H2,1-2H3. The van der Waals surface area contributed by atoms with Crippen molar-refractivity contribution >= 4 is 0 Å². The maximum Gasteiger partial charge on any atom is 0.166 e. The Balaban J connectivity index is 2.53. The maximum absolute atomic E-state index is 9.50. The van der Waals surface area contributed by atoms with Crippen LogP contribution in [0.5, 0.6) is 11.5 Å². The van der Waals surface area contributed by atoms with Gasteiger partial charge in [-0.25, -0.2) is 0 Å². The van der Waals surface area contributed by atoms with Gasteiger partial charge < -0.3 is 14.6 Å². The first-order chi connectivity index (χ1) is 6.27. The minimum absolute atomic E-state index is 0.389. The van der Waals surface area contributed by atoms with Gasteiger partial charge >= 0.3 is 0 Å². The second-order valence-corrected chi connectivity index (χ2v) is 3.09. The van der Waals surface area contributed by atoms with Crippen LogP contribution in [0.3, 0.4) is 0 Å². The summed E-state index contributed by atoms with van der Waals surface area (Å²) in [6.45, 7) is 0. The van der Waals surface area contributed by atoms with Crippen LogP contribution >= 0.6 is 0 Å². The summed E-state index contributed by atoms with van der Waals surface area (Å²) >= 11 is 0. The fourth-order valence-corrected chi connectivity index (χ4v) is 1.71. The van der Waals surface area contributed by atoms with E-state index in [0.29, 0.717) is 11.5 Å². The van der Waals surface area contributed by atoms with Gasteiger partial charge in [0.1, 0.15) is 0 Å². The molecule has 0 aromatic heterocycles. The summed E-state index contributed by atoms with van der Waals surface area (Å²) in [5.41, 5.74) is 2.02. The van der Waals surface area contributed by atoms with Gasteiger partial charge in [-0.05, 0) is 11.6 Å². The van der Waals surface area contributed by atoms with Gasteiger partial charge in [-0.1, -0.05) is 6.07 Å². The molecule has 3 heteroatoms. The second-order valence-electron chi connectivity index (χ2n) is 3.09. The smallest absolute Gasteiger partial charge is 0.166 e. The Hall–Kier alpha value is -1.22. The molecule has 1 N–H and O–H groups in total. The average Bonchev–Trinajstić information content (AvgIpc) is 2.15. The molecule has 2 rings (SSSR count). The Morgan fingerprint density at radius 2 is 2.08 bits per heavy atom. The summed E-state index contributed by atoms with van der Waals surface area (Å²) in [6.07, 6.45) is 0.329. The van der Waals surface area contributed by atoms with E-state index in [1.807, 2.05) is 12.1 Å². The van der Waals surface area contributed by atoms with Crippen LogP contribution in [0.25, 0.3) is 0 Å². The fraction of sp³-hybridized carbons (Fsp3) is 0.400. The number of aliphatic hydroxyl groups is 1. The van der Waals surface area contributed by atoms with Crippen molar-refractivity contribution in [3.8, 4) is 11.5 Å². The highest BCUT2D eigenvalue weighted by molar-refractivity contribution is 5.56. The molecule has 0 spiro atoms. The van der Waals surface area contributed by atoms with Gasteiger partial charge in [-0.15, -0.1) is 0 Å². The highest BCUT2D eigenvalue weighted by atomic mass is 16.5. The van der Waals surface area contributed by atoms with Crippen LogP contribution in [0.2, 0.25) is 0 Å². The van der Waals surface area contributed by atoms with Gasteiger partial charge in [-0.2, -0.15) is 0 Å². The van der Waals surface area contributed by atoms with Gasteiger partial charge in [0, 0.05) is 12.0 Å². The first kappa shape index (κ1) is 8.38. The second kappa shape index (κ2) is 2.92. The highest BCUT2D eigenvalue weighted by Gasteiger charge is 2.29. The monoisotopic (exact) mass is 180 g/mol. The summed E-state index contributed by atoms with van der Waals surface area (Å²) in [4.78, 5) is 0. The molecule has 0 fully saturated rings. The maximum atomic E-state index is 9.50. The van der Waals surface area contributed by atoms with E-state index in [9.17, 15) is 5.11 Å². The minimum Gasteiger partial charge on any atom is -0.493 e. The van der Waals surface area contributed by atoms with Gasteiger partial charge in [0.25, 0.3) is 0 Å². The summed E-state index contributed by atoms with van der Waals surface area (Å²) in [6, 6.07) is 3.83. The van der Waals surface area contributed by atoms with Gasteiger partial charge in [0.15, 0.2) is 11.5 Å². The summed E-state index contributed by atoms with van der Waals surface area (Å²) in [7, 11) is 3.18. The van der Waals surface area contributed by atoms with Crippen molar-refractivity contribution in [1.29, 1.82) is 0 Å². The summed E-state index contributed by atoms with van der Waals surface area (Å²) in [5, 5.41) is 9.50. The lowest BCUT2D eigenvalue weighted by Gasteiger charge is -2.28. The third-order valence-corrected chi connectivity index (χ3v) is 2.42. The first-order valence-electron chi connectivity index (χ1n) is 4.19. The number of ether oxygens (including phenoxy) is 2. The molecule has 0 aliphatic heterocycles. The predicted octanol–water partition coefficient (Wildman–Crippen LogP) is 1.29. The fourth-order valence-electron chi connectivity index (χ4n) is 1.71. The molecule has 1 atom stereocenters. The van der Waals surface area contributed by atoms with Crippen LogP contribution in [0.4, 0.5) is 0 Å². The van der Waals surface area contributed by atoms with E-state index in [1.165, 1.54) is 0 Å². The molecule has 0 amide bonds. The Morgan fingerprint density at radius 1 is 1.31 bits per heavy atom. The van der Waals surface area contributed by atoms with Gasteiger partial charge in [0.2, 0.25) is 0 Å². The van der Waals surface area contributed by atoms with Crippen molar-refractivity contribution in [2.24, 2.45) is 0 Å². The molecule has 70 valence electrons. The number of benzene rings is 1. The molecule has 13 heavy (non-hydrogen) atoms. The van der Waals surface area contributed by atoms with Crippen molar-refractivity contribution in [3.63, 3.8) is 0 Å². The zero-order valence-corrected chi connectivity index (χ0v) is 7.70. The Kier molecular flexibility index (Phi) is 1.88. The molecule has 1 aromatic carbocycles. The predicted molar refractivity (Wildman–Crippen MR) is 48.2 cm³/mol. The van der Waals surface area contributed by atoms with E-state index in [-0.39, 0.29) is 6.10 Å². The van der Waals surface area contributed by atoms with Crippen molar-refractivity contribution in [3.05, 3.63) is 23.3 Å². The zero-order valence-electron chi connectivity index (χ0n) is 7.70. The minimum atomic E-state index is -0.389. The Bertz CT molecular complexity index is 333. The van der Waals surface area contributed by atoms with Crippen molar-refractivity contribution in [2.75, 3.05) is 14.2 Å². The molecule has 0 heterocycles. The van der Waals surface area contributed by atoms with Crippen LogP contribution in [-0.2, 0) is 6.42 Å².